The molecule has 0 saturated carbocycles. The van der Waals surface area contributed by atoms with Crippen LogP contribution in [-0.2, 0) is 14.8 Å². The van der Waals surface area contributed by atoms with Crippen LogP contribution in [0.2, 0.25) is 5.02 Å². The average Bonchev–Trinajstić information content (AvgIpc) is 2.45. The molecular weight excluding hydrogens is 326 g/mol. The molecule has 3 rings (SSSR count). The molecule has 0 unspecified atom stereocenters. The summed E-state index contributed by atoms with van der Waals surface area (Å²) in [7, 11) is -3.55. The van der Waals surface area contributed by atoms with Gasteiger partial charge in [-0.15, -0.1) is 0 Å². The van der Waals surface area contributed by atoms with Gasteiger partial charge >= 0.3 is 0 Å². The van der Waals surface area contributed by atoms with Crippen LogP contribution >= 0.6 is 11.6 Å². The van der Waals surface area contributed by atoms with Gasteiger partial charge in [0, 0.05) is 44.3 Å². The van der Waals surface area contributed by atoms with Gasteiger partial charge in [0.05, 0.1) is 10.8 Å². The van der Waals surface area contributed by atoms with E-state index in [9.17, 15) is 13.2 Å². The van der Waals surface area contributed by atoms with Gasteiger partial charge in [0.1, 0.15) is 0 Å². The monoisotopic (exact) mass is 343 g/mol. The third-order valence-electron chi connectivity index (χ3n) is 4.11. The molecule has 0 aromatic heterocycles. The summed E-state index contributed by atoms with van der Waals surface area (Å²) in [5, 5.41) is 3.47. The molecule has 2 aliphatic heterocycles. The second-order valence-electron chi connectivity index (χ2n) is 5.54. The molecule has 22 heavy (non-hydrogen) atoms. The molecule has 120 valence electrons. The van der Waals surface area contributed by atoms with Crippen LogP contribution in [0.15, 0.2) is 29.2 Å². The fourth-order valence-electron chi connectivity index (χ4n) is 2.65. The third-order valence-corrected chi connectivity index (χ3v) is 6.24. The molecule has 0 bridgehead atoms. The van der Waals surface area contributed by atoms with Crippen molar-refractivity contribution < 1.29 is 13.2 Å². The summed E-state index contributed by atoms with van der Waals surface area (Å²) in [5.41, 5.74) is 0. The predicted molar refractivity (Wildman–Crippen MR) is 83.2 cm³/mol. The van der Waals surface area contributed by atoms with Gasteiger partial charge in [0.15, 0.2) is 0 Å². The molecule has 2 heterocycles. The Morgan fingerprint density at radius 2 is 1.86 bits per heavy atom. The van der Waals surface area contributed by atoms with Gasteiger partial charge in [0.2, 0.25) is 15.9 Å². The summed E-state index contributed by atoms with van der Waals surface area (Å²) in [5.74, 6) is 0.176. The van der Waals surface area contributed by atoms with E-state index in [4.69, 9.17) is 11.6 Å². The number of nitrogens with one attached hydrogen (secondary N) is 1. The lowest BCUT2D eigenvalue weighted by atomic mass is 10.0. The second kappa shape index (κ2) is 6.16. The summed E-state index contributed by atoms with van der Waals surface area (Å²) in [6.45, 7) is 2.96. The van der Waals surface area contributed by atoms with E-state index in [1.54, 1.807) is 23.1 Å². The van der Waals surface area contributed by atoms with Gasteiger partial charge in [-0.05, 0) is 18.2 Å². The van der Waals surface area contributed by atoms with E-state index in [1.807, 2.05) is 0 Å². The highest BCUT2D eigenvalue weighted by Gasteiger charge is 2.34. The van der Waals surface area contributed by atoms with Crippen LogP contribution in [0.4, 0.5) is 0 Å². The highest BCUT2D eigenvalue weighted by molar-refractivity contribution is 7.89. The van der Waals surface area contributed by atoms with Gasteiger partial charge in [-0.1, -0.05) is 17.7 Å². The molecule has 0 spiro atoms. The Hall–Kier alpha value is -1.15. The van der Waals surface area contributed by atoms with E-state index in [0.29, 0.717) is 31.2 Å². The van der Waals surface area contributed by atoms with Crippen molar-refractivity contribution >= 4 is 27.5 Å². The van der Waals surface area contributed by atoms with Crippen molar-refractivity contribution in [3.63, 3.8) is 0 Å². The van der Waals surface area contributed by atoms with E-state index < -0.39 is 10.0 Å². The van der Waals surface area contributed by atoms with Gasteiger partial charge in [-0.2, -0.15) is 4.31 Å². The molecule has 0 radical (unpaired) electrons. The molecule has 2 saturated heterocycles. The molecule has 8 heteroatoms. The molecule has 0 atom stereocenters. The Morgan fingerprint density at radius 1 is 1.18 bits per heavy atom. The number of hydrogen-bond donors (Lipinski definition) is 1. The number of benzene rings is 1. The first-order valence-corrected chi connectivity index (χ1v) is 9.05. The molecule has 2 aliphatic rings. The van der Waals surface area contributed by atoms with Crippen molar-refractivity contribution in [2.75, 3.05) is 39.3 Å². The maximum Gasteiger partial charge on any atom is 0.243 e. The van der Waals surface area contributed by atoms with Gasteiger partial charge in [-0.25, -0.2) is 8.42 Å². The lowest BCUT2D eigenvalue weighted by Crippen LogP contribution is -2.57. The molecule has 2 fully saturated rings. The summed E-state index contributed by atoms with van der Waals surface area (Å²) in [6.07, 6.45) is 0. The van der Waals surface area contributed by atoms with Gasteiger partial charge in [-0.3, -0.25) is 4.79 Å². The minimum atomic E-state index is -3.55. The summed E-state index contributed by atoms with van der Waals surface area (Å²) >= 11 is 5.87. The number of carbonyl (C=O) groups is 1. The lowest BCUT2D eigenvalue weighted by molar-refractivity contribution is -0.138. The maximum atomic E-state index is 12.6. The molecule has 1 N–H and O–H groups in total. The lowest BCUT2D eigenvalue weighted by Gasteiger charge is -2.37. The van der Waals surface area contributed by atoms with Crippen LogP contribution in [0.5, 0.6) is 0 Å². The van der Waals surface area contributed by atoms with Crippen LogP contribution < -0.4 is 5.32 Å². The van der Waals surface area contributed by atoms with Crippen LogP contribution in [0, 0.1) is 5.92 Å². The number of hydrogen-bond acceptors (Lipinski definition) is 4. The quantitative estimate of drug-likeness (QED) is 0.862. The largest absolute Gasteiger partial charge is 0.340 e. The molecule has 1 aromatic carbocycles. The third kappa shape index (κ3) is 2.99. The Balaban J connectivity index is 1.66. The number of nitrogens with zero attached hydrogens (tertiary/aromatic N) is 2. The van der Waals surface area contributed by atoms with Gasteiger partial charge < -0.3 is 10.2 Å². The van der Waals surface area contributed by atoms with Crippen molar-refractivity contribution in [1.82, 2.24) is 14.5 Å². The zero-order chi connectivity index (χ0) is 15.7. The van der Waals surface area contributed by atoms with E-state index in [0.717, 1.165) is 13.1 Å². The zero-order valence-corrected chi connectivity index (χ0v) is 13.6. The summed E-state index contributed by atoms with van der Waals surface area (Å²) in [6, 6.07) is 6.26. The number of halogens is 1. The minimum Gasteiger partial charge on any atom is -0.340 e. The van der Waals surface area contributed by atoms with Crippen molar-refractivity contribution in [3.8, 4) is 0 Å². The Bertz CT molecular complexity index is 668. The average molecular weight is 344 g/mol. The van der Waals surface area contributed by atoms with Crippen molar-refractivity contribution in [3.05, 3.63) is 29.3 Å². The zero-order valence-electron chi connectivity index (χ0n) is 12.0. The van der Waals surface area contributed by atoms with Crippen LogP contribution in [0.1, 0.15) is 0 Å². The number of sulfonamides is 1. The van der Waals surface area contributed by atoms with Crippen LogP contribution in [-0.4, -0.2) is 62.8 Å². The van der Waals surface area contributed by atoms with E-state index in [-0.39, 0.29) is 16.7 Å². The highest BCUT2D eigenvalue weighted by atomic mass is 35.5. The molecular formula is C14H18ClN3O3S. The first kappa shape index (κ1) is 15.7. The molecule has 1 aromatic rings. The number of amides is 1. The minimum absolute atomic E-state index is 0.0519. The smallest absolute Gasteiger partial charge is 0.243 e. The van der Waals surface area contributed by atoms with E-state index in [2.05, 4.69) is 5.32 Å². The first-order chi connectivity index (χ1) is 10.5. The molecule has 0 aliphatic carbocycles. The van der Waals surface area contributed by atoms with Crippen molar-refractivity contribution in [2.24, 2.45) is 5.92 Å². The predicted octanol–water partition coefficient (Wildman–Crippen LogP) is 0.392. The maximum absolute atomic E-state index is 12.6. The van der Waals surface area contributed by atoms with E-state index in [1.165, 1.54) is 10.4 Å². The Morgan fingerprint density at radius 3 is 2.41 bits per heavy atom. The standard InChI is InChI=1S/C14H18ClN3O3S/c15-12-2-1-3-13(8-12)22(20,21)18-6-4-17(5-7-18)14(19)11-9-16-10-11/h1-3,8,11,16H,4-7,9-10H2. The number of carbonyl (C=O) groups excluding carboxylic acids is 1. The van der Waals surface area contributed by atoms with Gasteiger partial charge in [0.25, 0.3) is 0 Å². The van der Waals surface area contributed by atoms with Crippen molar-refractivity contribution in [1.29, 1.82) is 0 Å². The normalized spacial score (nSPS) is 20.7. The Labute approximate surface area is 135 Å². The Kier molecular flexibility index (Phi) is 4.40. The SMILES string of the molecule is O=C(C1CNC1)N1CCN(S(=O)(=O)c2cccc(Cl)c2)CC1. The van der Waals surface area contributed by atoms with E-state index >= 15 is 0 Å². The second-order valence-corrected chi connectivity index (χ2v) is 7.92. The van der Waals surface area contributed by atoms with Crippen molar-refractivity contribution in [2.45, 2.75) is 4.90 Å². The fourth-order valence-corrected chi connectivity index (χ4v) is 4.37. The first-order valence-electron chi connectivity index (χ1n) is 7.24. The topological polar surface area (TPSA) is 69.7 Å². The fraction of sp³-hybridized carbons (Fsp3) is 0.500. The summed E-state index contributed by atoms with van der Waals surface area (Å²) in [4.78, 5) is 14.1. The van der Waals surface area contributed by atoms with Crippen LogP contribution in [0.25, 0.3) is 0 Å². The van der Waals surface area contributed by atoms with Crippen LogP contribution in [0.3, 0.4) is 0 Å². The number of rotatable bonds is 3. The highest BCUT2D eigenvalue weighted by Crippen LogP contribution is 2.21. The summed E-state index contributed by atoms with van der Waals surface area (Å²) < 4.78 is 26.6. The molecule has 1 amide bonds. The molecule has 6 nitrogen and oxygen atoms in total. The number of piperazine rings is 1.